The zero-order valence-corrected chi connectivity index (χ0v) is 16.0. The lowest BCUT2D eigenvalue weighted by Gasteiger charge is -2.09. The quantitative estimate of drug-likeness (QED) is 0.519. The van der Waals surface area contributed by atoms with Gasteiger partial charge in [-0.25, -0.2) is 9.37 Å². The molecule has 0 radical (unpaired) electrons. The molecule has 0 spiro atoms. The molecule has 0 bridgehead atoms. The van der Waals surface area contributed by atoms with Gasteiger partial charge in [0.25, 0.3) is 5.91 Å². The van der Waals surface area contributed by atoms with Gasteiger partial charge in [-0.05, 0) is 47.5 Å². The Morgan fingerprint density at radius 2 is 1.87 bits per heavy atom. The van der Waals surface area contributed by atoms with Crippen LogP contribution in [-0.4, -0.2) is 20.7 Å². The second kappa shape index (κ2) is 8.04. The summed E-state index contributed by atoms with van der Waals surface area (Å²) in [6.45, 7) is 0. The molecule has 0 aliphatic carbocycles. The van der Waals surface area contributed by atoms with Crippen LogP contribution in [0.1, 0.15) is 10.4 Å². The van der Waals surface area contributed by atoms with E-state index in [1.54, 1.807) is 60.4 Å². The molecule has 7 nitrogen and oxygen atoms in total. The van der Waals surface area contributed by atoms with E-state index in [-0.39, 0.29) is 5.56 Å². The average molecular weight is 403 g/mol. The summed E-state index contributed by atoms with van der Waals surface area (Å²) >= 11 is 0. The highest BCUT2D eigenvalue weighted by Crippen LogP contribution is 2.27. The number of halogens is 1. The third kappa shape index (κ3) is 4.44. The van der Waals surface area contributed by atoms with Crippen molar-refractivity contribution in [3.05, 3.63) is 84.6 Å². The first kappa shape index (κ1) is 19.1. The molecule has 150 valence electrons. The summed E-state index contributed by atoms with van der Waals surface area (Å²) in [5, 5.41) is 6.69. The van der Waals surface area contributed by atoms with Crippen LogP contribution in [0.4, 0.5) is 15.8 Å². The fourth-order valence-corrected chi connectivity index (χ4v) is 2.86. The summed E-state index contributed by atoms with van der Waals surface area (Å²) in [5.41, 5.74) is 8.21. The molecule has 3 N–H and O–H groups in total. The molecule has 0 unspecified atom stereocenters. The van der Waals surface area contributed by atoms with E-state index in [9.17, 15) is 9.18 Å². The standard InChI is InChI=1S/C22H18FN5O2/c1-28-13-19(12-26-28)27-22(29)16-8-15(9-17(23)10-16)14-2-5-20(6-3-14)30-21-7-4-18(24)11-25-21/h2-13H,24H2,1H3,(H,27,29). The number of anilines is 2. The first-order valence-electron chi connectivity index (χ1n) is 9.07. The van der Waals surface area contributed by atoms with Crippen molar-refractivity contribution >= 4 is 17.3 Å². The Morgan fingerprint density at radius 3 is 2.53 bits per heavy atom. The molecule has 8 heteroatoms. The molecule has 0 saturated heterocycles. The van der Waals surface area contributed by atoms with Gasteiger partial charge in [-0.1, -0.05) is 12.1 Å². The maximum Gasteiger partial charge on any atom is 0.255 e. The van der Waals surface area contributed by atoms with Gasteiger partial charge < -0.3 is 15.8 Å². The number of hydrogen-bond donors (Lipinski definition) is 2. The number of ether oxygens (including phenoxy) is 1. The number of aromatic nitrogens is 3. The maximum atomic E-state index is 14.2. The molecule has 2 heterocycles. The first-order valence-corrected chi connectivity index (χ1v) is 9.07. The molecule has 30 heavy (non-hydrogen) atoms. The molecule has 0 aliphatic heterocycles. The minimum Gasteiger partial charge on any atom is -0.439 e. The third-order valence-corrected chi connectivity index (χ3v) is 4.29. The van der Waals surface area contributed by atoms with E-state index in [2.05, 4.69) is 15.4 Å². The Bertz CT molecular complexity index is 1190. The number of benzene rings is 2. The maximum absolute atomic E-state index is 14.2. The topological polar surface area (TPSA) is 95.1 Å². The number of aryl methyl sites for hydroxylation is 1. The zero-order valence-electron chi connectivity index (χ0n) is 16.0. The summed E-state index contributed by atoms with van der Waals surface area (Å²) in [7, 11) is 1.74. The van der Waals surface area contributed by atoms with Gasteiger partial charge in [0.2, 0.25) is 5.88 Å². The van der Waals surface area contributed by atoms with Gasteiger partial charge in [-0.3, -0.25) is 9.48 Å². The van der Waals surface area contributed by atoms with Crippen molar-refractivity contribution in [1.82, 2.24) is 14.8 Å². The summed E-state index contributed by atoms with van der Waals surface area (Å²) in [4.78, 5) is 16.6. The van der Waals surface area contributed by atoms with Crippen molar-refractivity contribution < 1.29 is 13.9 Å². The summed E-state index contributed by atoms with van der Waals surface area (Å²) < 4.78 is 21.4. The summed E-state index contributed by atoms with van der Waals surface area (Å²) in [5.74, 6) is 0.0624. The molecule has 4 aromatic rings. The zero-order chi connectivity index (χ0) is 21.1. The number of nitrogens with two attached hydrogens (primary N) is 1. The molecular formula is C22H18FN5O2. The van der Waals surface area contributed by atoms with Crippen molar-refractivity contribution in [2.45, 2.75) is 0 Å². The monoisotopic (exact) mass is 403 g/mol. The number of rotatable bonds is 5. The largest absolute Gasteiger partial charge is 0.439 e. The highest BCUT2D eigenvalue weighted by molar-refractivity contribution is 6.04. The number of pyridine rings is 1. The Labute approximate surface area is 171 Å². The number of carbonyl (C=O) groups excluding carboxylic acids is 1. The lowest BCUT2D eigenvalue weighted by molar-refractivity contribution is 0.102. The number of amides is 1. The minimum absolute atomic E-state index is 0.209. The van der Waals surface area contributed by atoms with E-state index in [1.165, 1.54) is 24.5 Å². The number of nitrogens with one attached hydrogen (secondary N) is 1. The lowest BCUT2D eigenvalue weighted by atomic mass is 10.0. The SMILES string of the molecule is Cn1cc(NC(=O)c2cc(F)cc(-c3ccc(Oc4ccc(N)cn4)cc3)c2)cn1. The van der Waals surface area contributed by atoms with Crippen LogP contribution >= 0.6 is 0 Å². The number of nitrogen functional groups attached to an aromatic ring is 1. The molecule has 4 rings (SSSR count). The van der Waals surface area contributed by atoms with Gasteiger partial charge in [-0.15, -0.1) is 0 Å². The third-order valence-electron chi connectivity index (χ3n) is 4.29. The van der Waals surface area contributed by atoms with Gasteiger partial charge in [0.15, 0.2) is 0 Å². The highest BCUT2D eigenvalue weighted by Gasteiger charge is 2.12. The van der Waals surface area contributed by atoms with Gasteiger partial charge in [0.1, 0.15) is 11.6 Å². The summed E-state index contributed by atoms with van der Waals surface area (Å²) in [6, 6.07) is 14.6. The lowest BCUT2D eigenvalue weighted by Crippen LogP contribution is -2.12. The van der Waals surface area contributed by atoms with E-state index in [4.69, 9.17) is 10.5 Å². The van der Waals surface area contributed by atoms with E-state index in [1.807, 2.05) is 0 Å². The van der Waals surface area contributed by atoms with E-state index in [0.717, 1.165) is 5.56 Å². The molecule has 0 aliphatic rings. The summed E-state index contributed by atoms with van der Waals surface area (Å²) in [6.07, 6.45) is 4.69. The predicted molar refractivity (Wildman–Crippen MR) is 112 cm³/mol. The van der Waals surface area contributed by atoms with E-state index < -0.39 is 11.7 Å². The molecular weight excluding hydrogens is 385 g/mol. The van der Waals surface area contributed by atoms with Crippen LogP contribution in [0.3, 0.4) is 0 Å². The van der Waals surface area contributed by atoms with Crippen molar-refractivity contribution in [1.29, 1.82) is 0 Å². The highest BCUT2D eigenvalue weighted by atomic mass is 19.1. The first-order chi connectivity index (χ1) is 14.5. The van der Waals surface area contributed by atoms with Gasteiger partial charge in [0.05, 0.1) is 23.8 Å². The number of nitrogens with zero attached hydrogens (tertiary/aromatic N) is 3. The minimum atomic E-state index is -0.504. The Balaban J connectivity index is 1.53. The molecule has 0 atom stereocenters. The molecule has 0 fully saturated rings. The smallest absolute Gasteiger partial charge is 0.255 e. The van der Waals surface area contributed by atoms with Crippen LogP contribution in [0.5, 0.6) is 11.6 Å². The van der Waals surface area contributed by atoms with E-state index >= 15 is 0 Å². The van der Waals surface area contributed by atoms with Gasteiger partial charge >= 0.3 is 0 Å². The van der Waals surface area contributed by atoms with Crippen LogP contribution in [0.25, 0.3) is 11.1 Å². The Kier molecular flexibility index (Phi) is 5.13. The van der Waals surface area contributed by atoms with Crippen molar-refractivity contribution in [2.75, 3.05) is 11.1 Å². The second-order valence-electron chi connectivity index (χ2n) is 6.64. The number of hydrogen-bond acceptors (Lipinski definition) is 5. The Hall–Kier alpha value is -4.20. The second-order valence-corrected chi connectivity index (χ2v) is 6.64. The van der Waals surface area contributed by atoms with Gasteiger partial charge in [-0.2, -0.15) is 5.10 Å². The van der Waals surface area contributed by atoms with Crippen LogP contribution in [0, 0.1) is 5.82 Å². The van der Waals surface area contributed by atoms with E-state index in [0.29, 0.717) is 28.6 Å². The van der Waals surface area contributed by atoms with Crippen LogP contribution in [-0.2, 0) is 7.05 Å². The molecule has 1 amide bonds. The van der Waals surface area contributed by atoms with Crippen LogP contribution < -0.4 is 15.8 Å². The molecule has 2 aromatic heterocycles. The average Bonchev–Trinajstić information content (AvgIpc) is 3.14. The fraction of sp³-hybridized carbons (Fsp3) is 0.0455. The van der Waals surface area contributed by atoms with Gasteiger partial charge in [0, 0.05) is 24.9 Å². The number of carbonyl (C=O) groups is 1. The molecule has 2 aromatic carbocycles. The van der Waals surface area contributed by atoms with Crippen LogP contribution in [0.2, 0.25) is 0 Å². The Morgan fingerprint density at radius 1 is 1.07 bits per heavy atom. The predicted octanol–water partition coefficient (Wildman–Crippen LogP) is 4.25. The normalized spacial score (nSPS) is 10.6. The molecule has 0 saturated carbocycles. The fourth-order valence-electron chi connectivity index (χ4n) is 2.86. The van der Waals surface area contributed by atoms with Crippen LogP contribution in [0.15, 0.2) is 73.2 Å². The van der Waals surface area contributed by atoms with Crippen molar-refractivity contribution in [3.8, 4) is 22.8 Å². The van der Waals surface area contributed by atoms with Crippen molar-refractivity contribution in [2.24, 2.45) is 7.05 Å². The van der Waals surface area contributed by atoms with Crippen molar-refractivity contribution in [3.63, 3.8) is 0 Å².